The Hall–Kier alpha value is -2.88. The molecule has 1 saturated heterocycles. The number of nitrogens with zero attached hydrogens (tertiary/aromatic N) is 6. The Morgan fingerprint density at radius 2 is 1.73 bits per heavy atom. The lowest BCUT2D eigenvalue weighted by Crippen LogP contribution is -2.44. The van der Waals surface area contributed by atoms with Gasteiger partial charge in [0, 0.05) is 33.2 Å². The van der Waals surface area contributed by atoms with Gasteiger partial charge in [0.1, 0.15) is 17.4 Å². The first kappa shape index (κ1) is 20.4. The number of aryl methyl sites for hydroxylation is 2. The predicted molar refractivity (Wildman–Crippen MR) is 108 cm³/mol. The Balaban J connectivity index is 1.79. The van der Waals surface area contributed by atoms with Gasteiger partial charge in [-0.1, -0.05) is 0 Å². The molecule has 1 aromatic carbocycles. The van der Waals surface area contributed by atoms with Gasteiger partial charge in [-0.15, -0.1) is 0 Å². The molecular formula is C20H23F3N6O. The van der Waals surface area contributed by atoms with Crippen LogP contribution in [0.5, 0.6) is 5.75 Å². The van der Waals surface area contributed by atoms with Crippen molar-refractivity contribution in [1.29, 1.82) is 0 Å². The lowest BCUT2D eigenvalue weighted by atomic mass is 10.0. The summed E-state index contributed by atoms with van der Waals surface area (Å²) in [6, 6.07) is 2.10. The minimum absolute atomic E-state index is 0.111. The number of benzene rings is 1. The van der Waals surface area contributed by atoms with Crippen LogP contribution in [0.1, 0.15) is 11.1 Å². The summed E-state index contributed by atoms with van der Waals surface area (Å²) in [5, 5.41) is 0. The Morgan fingerprint density at radius 1 is 1.03 bits per heavy atom. The van der Waals surface area contributed by atoms with E-state index in [1.807, 2.05) is 0 Å². The maximum absolute atomic E-state index is 13.2. The van der Waals surface area contributed by atoms with E-state index in [9.17, 15) is 13.2 Å². The number of piperazine rings is 1. The zero-order valence-corrected chi connectivity index (χ0v) is 17.3. The minimum atomic E-state index is -4.45. The summed E-state index contributed by atoms with van der Waals surface area (Å²) in [4.78, 5) is 18.2. The molecule has 0 bridgehead atoms. The van der Waals surface area contributed by atoms with Crippen molar-refractivity contribution >= 4 is 17.1 Å². The molecular weight excluding hydrogens is 397 g/mol. The molecule has 0 aliphatic carbocycles. The van der Waals surface area contributed by atoms with Crippen LogP contribution < -0.4 is 9.64 Å². The maximum atomic E-state index is 13.2. The van der Waals surface area contributed by atoms with Gasteiger partial charge >= 0.3 is 6.18 Å². The molecule has 3 heterocycles. The van der Waals surface area contributed by atoms with Crippen molar-refractivity contribution in [2.45, 2.75) is 13.1 Å². The van der Waals surface area contributed by atoms with Crippen LogP contribution in [0.3, 0.4) is 0 Å². The van der Waals surface area contributed by atoms with Gasteiger partial charge in [0.05, 0.1) is 24.4 Å². The Kier molecular flexibility index (Phi) is 5.05. The number of hydrogen-bond acceptors (Lipinski definition) is 6. The highest BCUT2D eigenvalue weighted by molar-refractivity contribution is 5.79. The van der Waals surface area contributed by atoms with Gasteiger partial charge in [-0.05, 0) is 31.7 Å². The van der Waals surface area contributed by atoms with E-state index in [4.69, 9.17) is 4.74 Å². The van der Waals surface area contributed by atoms with E-state index >= 15 is 0 Å². The van der Waals surface area contributed by atoms with Crippen molar-refractivity contribution in [2.75, 3.05) is 45.2 Å². The molecule has 3 aromatic rings. The molecule has 0 atom stereocenters. The predicted octanol–water partition coefficient (Wildman–Crippen LogP) is 3.12. The molecule has 0 spiro atoms. The van der Waals surface area contributed by atoms with Gasteiger partial charge in [-0.3, -0.25) is 0 Å². The first-order valence-electron chi connectivity index (χ1n) is 9.58. The number of ether oxygens (including phenoxy) is 1. The van der Waals surface area contributed by atoms with Crippen LogP contribution in [0.4, 0.5) is 19.0 Å². The largest absolute Gasteiger partial charge is 0.496 e. The summed E-state index contributed by atoms with van der Waals surface area (Å²) >= 11 is 0. The van der Waals surface area contributed by atoms with Crippen molar-refractivity contribution in [3.05, 3.63) is 29.5 Å². The molecule has 30 heavy (non-hydrogen) atoms. The molecule has 0 unspecified atom stereocenters. The van der Waals surface area contributed by atoms with Gasteiger partial charge in [-0.2, -0.15) is 13.2 Å². The lowest BCUT2D eigenvalue weighted by Gasteiger charge is -2.32. The number of alkyl halides is 3. The highest BCUT2D eigenvalue weighted by Crippen LogP contribution is 2.39. The van der Waals surface area contributed by atoms with Crippen LogP contribution in [-0.4, -0.2) is 64.8 Å². The van der Waals surface area contributed by atoms with E-state index in [-0.39, 0.29) is 5.75 Å². The van der Waals surface area contributed by atoms with E-state index in [1.165, 1.54) is 7.11 Å². The van der Waals surface area contributed by atoms with Gasteiger partial charge in [0.25, 0.3) is 0 Å². The minimum Gasteiger partial charge on any atom is -0.496 e. The van der Waals surface area contributed by atoms with E-state index in [0.29, 0.717) is 28.2 Å². The normalized spacial score (nSPS) is 15.8. The van der Waals surface area contributed by atoms with E-state index in [2.05, 4.69) is 31.8 Å². The number of anilines is 1. The standard InChI is InChI=1S/C20H23F3N6O/c1-12-9-13(20(21,22)23)10-14(30-4)16(12)18-26-17-19(28(18)3)24-11-15(25-17)29-7-5-27(2)6-8-29/h9-11H,5-8H2,1-4H3. The third-order valence-electron chi connectivity index (χ3n) is 5.47. The summed E-state index contributed by atoms with van der Waals surface area (Å²) < 4.78 is 46.6. The molecule has 1 aliphatic heterocycles. The van der Waals surface area contributed by atoms with Crippen molar-refractivity contribution in [3.63, 3.8) is 0 Å². The quantitative estimate of drug-likeness (QED) is 0.649. The highest BCUT2D eigenvalue weighted by Gasteiger charge is 2.33. The topological polar surface area (TPSA) is 59.3 Å². The summed E-state index contributed by atoms with van der Waals surface area (Å²) in [5.74, 6) is 1.32. The summed E-state index contributed by atoms with van der Waals surface area (Å²) in [7, 11) is 5.20. The third-order valence-corrected chi connectivity index (χ3v) is 5.47. The number of likely N-dealkylation sites (N-methyl/N-ethyl adjacent to an activating group) is 1. The summed E-state index contributed by atoms with van der Waals surface area (Å²) in [5.41, 5.74) is 1.16. The van der Waals surface area contributed by atoms with Gasteiger partial charge < -0.3 is 19.1 Å². The molecule has 1 fully saturated rings. The number of fused-ring (bicyclic) bond motifs is 1. The molecule has 0 radical (unpaired) electrons. The average Bonchev–Trinajstić information content (AvgIpc) is 3.02. The fourth-order valence-corrected chi connectivity index (χ4v) is 3.73. The Labute approximate surface area is 172 Å². The zero-order chi connectivity index (χ0) is 21.6. The fraction of sp³-hybridized carbons (Fsp3) is 0.450. The van der Waals surface area contributed by atoms with Crippen LogP contribution in [0, 0.1) is 6.92 Å². The van der Waals surface area contributed by atoms with Crippen LogP contribution in [0.25, 0.3) is 22.7 Å². The first-order chi connectivity index (χ1) is 14.2. The zero-order valence-electron chi connectivity index (χ0n) is 17.3. The van der Waals surface area contributed by atoms with Gasteiger partial charge in [0.15, 0.2) is 11.3 Å². The third kappa shape index (κ3) is 3.55. The smallest absolute Gasteiger partial charge is 0.416 e. The SMILES string of the molecule is COc1cc(C(F)(F)F)cc(C)c1-c1nc2nc(N3CCN(C)CC3)cnc2n1C. The average molecular weight is 420 g/mol. The maximum Gasteiger partial charge on any atom is 0.416 e. The Bertz CT molecular complexity index is 1090. The molecule has 0 saturated carbocycles. The van der Waals surface area contributed by atoms with Crippen LogP contribution in [0.2, 0.25) is 0 Å². The van der Waals surface area contributed by atoms with Crippen molar-refractivity contribution < 1.29 is 17.9 Å². The number of hydrogen-bond donors (Lipinski definition) is 0. The number of rotatable bonds is 3. The number of imidazole rings is 1. The number of methoxy groups -OCH3 is 1. The van der Waals surface area contributed by atoms with Crippen molar-refractivity contribution in [1.82, 2.24) is 24.4 Å². The fourth-order valence-electron chi connectivity index (χ4n) is 3.73. The second kappa shape index (κ2) is 7.42. The van der Waals surface area contributed by atoms with E-state index in [0.717, 1.165) is 44.1 Å². The van der Waals surface area contributed by atoms with E-state index in [1.54, 1.807) is 24.7 Å². The molecule has 10 heteroatoms. The molecule has 0 N–H and O–H groups in total. The number of halogens is 3. The molecule has 160 valence electrons. The second-order valence-corrected chi connectivity index (χ2v) is 7.53. The lowest BCUT2D eigenvalue weighted by molar-refractivity contribution is -0.137. The molecule has 4 rings (SSSR count). The van der Waals surface area contributed by atoms with Crippen molar-refractivity contribution in [2.24, 2.45) is 7.05 Å². The number of aromatic nitrogens is 4. The Morgan fingerprint density at radius 3 is 2.37 bits per heavy atom. The monoisotopic (exact) mass is 420 g/mol. The van der Waals surface area contributed by atoms with Crippen molar-refractivity contribution in [3.8, 4) is 17.1 Å². The second-order valence-electron chi connectivity index (χ2n) is 7.53. The summed E-state index contributed by atoms with van der Waals surface area (Å²) in [6.07, 6.45) is -2.74. The summed E-state index contributed by atoms with van der Waals surface area (Å²) in [6.45, 7) is 5.19. The molecule has 0 amide bonds. The first-order valence-corrected chi connectivity index (χ1v) is 9.58. The van der Waals surface area contributed by atoms with Crippen LogP contribution >= 0.6 is 0 Å². The van der Waals surface area contributed by atoms with E-state index < -0.39 is 11.7 Å². The van der Waals surface area contributed by atoms with Gasteiger partial charge in [-0.25, -0.2) is 15.0 Å². The van der Waals surface area contributed by atoms with Gasteiger partial charge in [0.2, 0.25) is 0 Å². The van der Waals surface area contributed by atoms with Crippen LogP contribution in [0.15, 0.2) is 18.3 Å². The molecule has 2 aromatic heterocycles. The molecule has 7 nitrogen and oxygen atoms in total. The highest BCUT2D eigenvalue weighted by atomic mass is 19.4. The van der Waals surface area contributed by atoms with Crippen LogP contribution in [-0.2, 0) is 13.2 Å². The molecule has 1 aliphatic rings.